The zero-order valence-corrected chi connectivity index (χ0v) is 12.4. The molecule has 2 aliphatic carbocycles. The van der Waals surface area contributed by atoms with Crippen LogP contribution in [0.2, 0.25) is 0 Å². The second-order valence-electron chi connectivity index (χ2n) is 7.10. The van der Waals surface area contributed by atoms with Crippen LogP contribution in [-0.4, -0.2) is 28.5 Å². The van der Waals surface area contributed by atoms with Gasteiger partial charge in [-0.2, -0.15) is 0 Å². The van der Waals surface area contributed by atoms with Crippen molar-refractivity contribution in [1.82, 2.24) is 15.2 Å². The monoisotopic (exact) mass is 285 g/mol. The lowest BCUT2D eigenvalue weighted by molar-refractivity contribution is 0.131. The van der Waals surface area contributed by atoms with Gasteiger partial charge in [-0.15, -0.1) is 0 Å². The number of aromatic nitrogens is 1. The molecule has 2 atom stereocenters. The number of nitrogens with one attached hydrogen (secondary N) is 1. The van der Waals surface area contributed by atoms with E-state index in [0.29, 0.717) is 12.6 Å². The predicted molar refractivity (Wildman–Crippen MR) is 80.5 cm³/mol. The number of pyridine rings is 1. The van der Waals surface area contributed by atoms with Crippen LogP contribution in [0.1, 0.15) is 37.7 Å². The van der Waals surface area contributed by atoms with Crippen molar-refractivity contribution in [2.75, 3.05) is 6.54 Å². The molecule has 1 aromatic rings. The molecule has 21 heavy (non-hydrogen) atoms. The predicted octanol–water partition coefficient (Wildman–Crippen LogP) is 2.80. The molecule has 0 aromatic carbocycles. The molecular weight excluding hydrogens is 262 g/mol. The second-order valence-corrected chi connectivity index (χ2v) is 7.10. The maximum atomic E-state index is 12.6. The first kappa shape index (κ1) is 13.1. The topological polar surface area (TPSA) is 45.2 Å². The first-order valence-electron chi connectivity index (χ1n) is 8.21. The van der Waals surface area contributed by atoms with Gasteiger partial charge < -0.3 is 10.2 Å². The number of amides is 2. The van der Waals surface area contributed by atoms with Gasteiger partial charge in [0.15, 0.2) is 0 Å². The number of hydrogen-bond donors (Lipinski definition) is 1. The number of fused-ring (bicyclic) bond motifs is 1. The van der Waals surface area contributed by atoms with Gasteiger partial charge in [-0.1, -0.05) is 6.07 Å². The van der Waals surface area contributed by atoms with Crippen molar-refractivity contribution in [2.45, 2.75) is 44.7 Å². The van der Waals surface area contributed by atoms with E-state index in [-0.39, 0.29) is 6.03 Å². The summed E-state index contributed by atoms with van der Waals surface area (Å²) in [4.78, 5) is 18.8. The summed E-state index contributed by atoms with van der Waals surface area (Å²) < 4.78 is 0. The van der Waals surface area contributed by atoms with Crippen molar-refractivity contribution >= 4 is 6.03 Å². The van der Waals surface area contributed by atoms with Gasteiger partial charge in [-0.3, -0.25) is 4.98 Å². The molecule has 2 unspecified atom stereocenters. The van der Waals surface area contributed by atoms with Crippen LogP contribution in [0, 0.1) is 17.8 Å². The Bertz CT molecular complexity index is 504. The van der Waals surface area contributed by atoms with Gasteiger partial charge in [0.1, 0.15) is 0 Å². The summed E-state index contributed by atoms with van der Waals surface area (Å²) in [6, 6.07) is 4.52. The van der Waals surface area contributed by atoms with Crippen molar-refractivity contribution in [1.29, 1.82) is 0 Å². The smallest absolute Gasteiger partial charge is 0.317 e. The van der Waals surface area contributed by atoms with Gasteiger partial charge in [0, 0.05) is 31.5 Å². The molecule has 2 aliphatic heterocycles. The third-order valence-corrected chi connectivity index (χ3v) is 5.53. The van der Waals surface area contributed by atoms with E-state index in [1.54, 1.807) is 6.20 Å². The van der Waals surface area contributed by atoms with Crippen LogP contribution in [0.25, 0.3) is 0 Å². The molecule has 2 saturated heterocycles. The van der Waals surface area contributed by atoms with E-state index in [4.69, 9.17) is 0 Å². The maximum absolute atomic E-state index is 12.6. The van der Waals surface area contributed by atoms with Gasteiger partial charge in [-0.05, 0) is 61.5 Å². The lowest BCUT2D eigenvalue weighted by Gasteiger charge is -2.38. The fraction of sp³-hybridized carbons (Fsp3) is 0.647. The molecule has 0 spiro atoms. The normalized spacial score (nSPS) is 33.8. The molecule has 4 nitrogen and oxygen atoms in total. The molecule has 4 bridgehead atoms. The SMILES string of the molecule is O=C(NCc1cccnc1)N1CC2CC3CC(C2)CC1C3. The average Bonchev–Trinajstić information content (AvgIpc) is 2.70. The summed E-state index contributed by atoms with van der Waals surface area (Å²) in [6.45, 7) is 1.55. The molecular formula is C17H23N3O. The number of urea groups is 1. The highest BCUT2D eigenvalue weighted by Gasteiger charge is 2.43. The zero-order valence-electron chi connectivity index (χ0n) is 12.4. The Morgan fingerprint density at radius 1 is 1.19 bits per heavy atom. The van der Waals surface area contributed by atoms with Crippen LogP contribution in [0.3, 0.4) is 0 Å². The lowest BCUT2D eigenvalue weighted by atomic mass is 9.68. The van der Waals surface area contributed by atoms with Gasteiger partial charge >= 0.3 is 6.03 Å². The minimum atomic E-state index is 0.122. The van der Waals surface area contributed by atoms with E-state index in [9.17, 15) is 4.79 Å². The standard InChI is InChI=1S/C17H23N3O/c21-17(19-10-12-2-1-3-18-9-12)20-11-15-5-13-4-14(6-15)8-16(20)7-13/h1-3,9,13-16H,4-8,10-11H2,(H,19,21). The lowest BCUT2D eigenvalue weighted by Crippen LogP contribution is -2.47. The van der Waals surface area contributed by atoms with E-state index in [1.807, 2.05) is 18.3 Å². The minimum Gasteiger partial charge on any atom is -0.334 e. The quantitative estimate of drug-likeness (QED) is 0.908. The van der Waals surface area contributed by atoms with Crippen LogP contribution in [0.4, 0.5) is 4.79 Å². The van der Waals surface area contributed by atoms with Gasteiger partial charge in [-0.25, -0.2) is 4.79 Å². The Morgan fingerprint density at radius 3 is 2.67 bits per heavy atom. The molecule has 1 aromatic heterocycles. The molecule has 2 saturated carbocycles. The Kier molecular flexibility index (Phi) is 3.32. The first-order chi connectivity index (χ1) is 10.3. The molecule has 4 aliphatic rings. The van der Waals surface area contributed by atoms with Crippen molar-refractivity contribution in [3.8, 4) is 0 Å². The van der Waals surface area contributed by atoms with E-state index >= 15 is 0 Å². The third kappa shape index (κ3) is 2.63. The molecule has 2 amide bonds. The Balaban J connectivity index is 1.42. The Morgan fingerprint density at radius 2 is 1.95 bits per heavy atom. The van der Waals surface area contributed by atoms with Crippen LogP contribution >= 0.6 is 0 Å². The van der Waals surface area contributed by atoms with Gasteiger partial charge in [0.2, 0.25) is 0 Å². The van der Waals surface area contributed by atoms with Gasteiger partial charge in [0.25, 0.3) is 0 Å². The number of carbonyl (C=O) groups is 1. The molecule has 3 heterocycles. The largest absolute Gasteiger partial charge is 0.334 e. The van der Waals surface area contributed by atoms with Crippen LogP contribution in [-0.2, 0) is 6.54 Å². The summed E-state index contributed by atoms with van der Waals surface area (Å²) >= 11 is 0. The van der Waals surface area contributed by atoms with Crippen LogP contribution in [0.5, 0.6) is 0 Å². The van der Waals surface area contributed by atoms with Gasteiger partial charge in [0.05, 0.1) is 0 Å². The Hall–Kier alpha value is -1.58. The first-order valence-corrected chi connectivity index (χ1v) is 8.21. The fourth-order valence-electron chi connectivity index (χ4n) is 4.82. The van der Waals surface area contributed by atoms with Crippen LogP contribution < -0.4 is 5.32 Å². The molecule has 0 radical (unpaired) electrons. The summed E-state index contributed by atoms with van der Waals surface area (Å²) in [5, 5.41) is 3.09. The second kappa shape index (κ2) is 5.32. The highest BCUT2D eigenvalue weighted by atomic mass is 16.2. The molecule has 1 N–H and O–H groups in total. The zero-order chi connectivity index (χ0) is 14.2. The number of nitrogens with zero attached hydrogens (tertiary/aromatic N) is 2. The Labute approximate surface area is 125 Å². The van der Waals surface area contributed by atoms with Crippen molar-refractivity contribution in [3.05, 3.63) is 30.1 Å². The van der Waals surface area contributed by atoms with Crippen LogP contribution in [0.15, 0.2) is 24.5 Å². The summed E-state index contributed by atoms with van der Waals surface area (Å²) in [5.74, 6) is 2.50. The van der Waals surface area contributed by atoms with E-state index in [0.717, 1.165) is 29.9 Å². The van der Waals surface area contributed by atoms with Crippen molar-refractivity contribution in [2.24, 2.45) is 17.8 Å². The van der Waals surface area contributed by atoms with E-state index in [1.165, 1.54) is 32.1 Å². The number of rotatable bonds is 2. The van der Waals surface area contributed by atoms with Crippen molar-refractivity contribution < 1.29 is 4.79 Å². The average molecular weight is 285 g/mol. The molecule has 5 rings (SSSR count). The molecule has 4 fully saturated rings. The summed E-state index contributed by atoms with van der Waals surface area (Å²) in [6.07, 6.45) is 10.1. The highest BCUT2D eigenvalue weighted by molar-refractivity contribution is 5.74. The highest BCUT2D eigenvalue weighted by Crippen LogP contribution is 2.47. The number of carbonyl (C=O) groups excluding carboxylic acids is 1. The molecule has 4 heteroatoms. The van der Waals surface area contributed by atoms with Crippen molar-refractivity contribution in [3.63, 3.8) is 0 Å². The van der Waals surface area contributed by atoms with E-state index in [2.05, 4.69) is 15.2 Å². The number of hydrogen-bond acceptors (Lipinski definition) is 2. The fourth-order valence-corrected chi connectivity index (χ4v) is 4.82. The minimum absolute atomic E-state index is 0.122. The maximum Gasteiger partial charge on any atom is 0.317 e. The van der Waals surface area contributed by atoms with E-state index < -0.39 is 0 Å². The summed E-state index contributed by atoms with van der Waals surface area (Å²) in [5.41, 5.74) is 1.06. The third-order valence-electron chi connectivity index (χ3n) is 5.53. The summed E-state index contributed by atoms with van der Waals surface area (Å²) in [7, 11) is 0. The molecule has 112 valence electrons.